The van der Waals surface area contributed by atoms with Crippen LogP contribution in [-0.2, 0) is 22.7 Å². The lowest BCUT2D eigenvalue weighted by Crippen LogP contribution is -2.10. The van der Waals surface area contributed by atoms with Crippen LogP contribution in [0.2, 0.25) is 0 Å². The number of imidazole rings is 1. The zero-order chi connectivity index (χ0) is 13.0. The summed E-state index contributed by atoms with van der Waals surface area (Å²) in [5, 5.41) is 0. The Kier molecular flexibility index (Phi) is 4.26. The van der Waals surface area contributed by atoms with Crippen molar-refractivity contribution in [2.75, 3.05) is 0 Å². The first-order valence-corrected chi connectivity index (χ1v) is 5.43. The molecule has 0 bridgehead atoms. The van der Waals surface area contributed by atoms with Gasteiger partial charge in [0, 0.05) is 12.1 Å². The Morgan fingerprint density at radius 2 is 2.18 bits per heavy atom. The van der Waals surface area contributed by atoms with Gasteiger partial charge in [0.15, 0.2) is 0 Å². The molecular weight excluding hydrogens is 216 g/mol. The van der Waals surface area contributed by atoms with Crippen molar-refractivity contribution in [3.05, 3.63) is 42.0 Å². The summed E-state index contributed by atoms with van der Waals surface area (Å²) in [5.74, 6) is 0.511. The molecule has 1 aromatic rings. The number of carbonyl (C=O) groups is 1. The fourth-order valence-corrected chi connectivity index (χ4v) is 1.57. The molecule has 0 aliphatic heterocycles. The molecule has 92 valence electrons. The third-order valence-electron chi connectivity index (χ3n) is 2.46. The lowest BCUT2D eigenvalue weighted by molar-refractivity contribution is -0.140. The molecule has 0 aliphatic rings. The van der Waals surface area contributed by atoms with Crippen molar-refractivity contribution in [3.63, 3.8) is 0 Å². The monoisotopic (exact) mass is 234 g/mol. The highest BCUT2D eigenvalue weighted by molar-refractivity contribution is 5.86. The number of allylic oxidation sites excluding steroid dienone is 1. The molecule has 0 fully saturated rings. The van der Waals surface area contributed by atoms with E-state index in [0.717, 1.165) is 17.2 Å². The summed E-state index contributed by atoms with van der Waals surface area (Å²) in [5.41, 5.74) is 2.17. The van der Waals surface area contributed by atoms with Gasteiger partial charge in [-0.05, 0) is 20.8 Å². The quantitative estimate of drug-likeness (QED) is 0.446. The Balaban J connectivity index is 2.86. The lowest BCUT2D eigenvalue weighted by Gasteiger charge is -2.09. The molecule has 4 nitrogen and oxygen atoms in total. The first-order valence-electron chi connectivity index (χ1n) is 5.43. The topological polar surface area (TPSA) is 44.1 Å². The Hall–Kier alpha value is -1.84. The number of hydrogen-bond donors (Lipinski definition) is 0. The van der Waals surface area contributed by atoms with Crippen molar-refractivity contribution < 1.29 is 9.53 Å². The van der Waals surface area contributed by atoms with Crippen LogP contribution >= 0.6 is 0 Å². The van der Waals surface area contributed by atoms with Crippen LogP contribution in [0.4, 0.5) is 0 Å². The molecule has 0 aromatic carbocycles. The third kappa shape index (κ3) is 3.06. The fourth-order valence-electron chi connectivity index (χ4n) is 1.57. The molecule has 1 aromatic heterocycles. The Labute approximate surface area is 102 Å². The highest BCUT2D eigenvalue weighted by atomic mass is 16.5. The van der Waals surface area contributed by atoms with E-state index in [1.165, 1.54) is 0 Å². The smallest absolute Gasteiger partial charge is 0.333 e. The van der Waals surface area contributed by atoms with Crippen LogP contribution in [0.1, 0.15) is 24.1 Å². The number of hydrogen-bond acceptors (Lipinski definition) is 3. The fraction of sp³-hybridized carbons (Fsp3) is 0.385. The largest absolute Gasteiger partial charge is 0.456 e. The van der Waals surface area contributed by atoms with Crippen molar-refractivity contribution in [1.29, 1.82) is 0 Å². The predicted molar refractivity (Wildman–Crippen MR) is 66.5 cm³/mol. The van der Waals surface area contributed by atoms with Crippen LogP contribution in [0.25, 0.3) is 0 Å². The molecule has 0 saturated heterocycles. The van der Waals surface area contributed by atoms with Gasteiger partial charge in [0.25, 0.3) is 0 Å². The second kappa shape index (κ2) is 5.48. The number of aryl methyl sites for hydroxylation is 2. The van der Waals surface area contributed by atoms with Crippen molar-refractivity contribution >= 4 is 5.97 Å². The summed E-state index contributed by atoms with van der Waals surface area (Å²) in [4.78, 5) is 15.7. The minimum absolute atomic E-state index is 0.214. The maximum Gasteiger partial charge on any atom is 0.333 e. The maximum absolute atomic E-state index is 11.3. The van der Waals surface area contributed by atoms with E-state index < -0.39 is 0 Å². The number of nitrogens with zero attached hydrogens (tertiary/aromatic N) is 2. The molecule has 0 saturated carbocycles. The standard InChI is InChI=1S/C13H18N2O2/c1-6-7-15-11(5)14-10(4)12(15)8-17-13(16)9(2)3/h6H,1-2,7-8H2,3-5H3. The average Bonchev–Trinajstić information content (AvgIpc) is 2.51. The number of carbonyl (C=O) groups excluding carboxylic acids is 1. The molecule has 0 atom stereocenters. The molecule has 0 spiro atoms. The molecule has 0 unspecified atom stereocenters. The molecule has 0 aliphatic carbocycles. The van der Waals surface area contributed by atoms with Gasteiger partial charge < -0.3 is 9.30 Å². The molecule has 0 radical (unpaired) electrons. The zero-order valence-electron chi connectivity index (χ0n) is 10.6. The summed E-state index contributed by atoms with van der Waals surface area (Å²) in [6.07, 6.45) is 1.79. The lowest BCUT2D eigenvalue weighted by atomic mass is 10.3. The van der Waals surface area contributed by atoms with Crippen LogP contribution in [0.15, 0.2) is 24.8 Å². The normalized spacial score (nSPS) is 10.1. The minimum Gasteiger partial charge on any atom is -0.456 e. The Bertz CT molecular complexity index is 458. The first-order chi connectivity index (χ1) is 7.97. The molecule has 0 amide bonds. The Morgan fingerprint density at radius 1 is 1.53 bits per heavy atom. The second-order valence-corrected chi connectivity index (χ2v) is 3.95. The Morgan fingerprint density at radius 3 is 2.71 bits per heavy atom. The summed E-state index contributed by atoms with van der Waals surface area (Å²) in [6.45, 7) is 13.6. The van der Waals surface area contributed by atoms with E-state index in [1.807, 2.05) is 18.4 Å². The summed E-state index contributed by atoms with van der Waals surface area (Å²) < 4.78 is 7.12. The van der Waals surface area contributed by atoms with Gasteiger partial charge in [0.1, 0.15) is 12.4 Å². The van der Waals surface area contributed by atoms with Crippen LogP contribution in [0.5, 0.6) is 0 Å². The number of esters is 1. The summed E-state index contributed by atoms with van der Waals surface area (Å²) in [6, 6.07) is 0. The highest BCUT2D eigenvalue weighted by Gasteiger charge is 2.13. The first kappa shape index (κ1) is 13.2. The van der Waals surface area contributed by atoms with Gasteiger partial charge in [-0.3, -0.25) is 0 Å². The zero-order valence-corrected chi connectivity index (χ0v) is 10.6. The van der Waals surface area contributed by atoms with Gasteiger partial charge in [0.05, 0.1) is 11.4 Å². The van der Waals surface area contributed by atoms with E-state index in [2.05, 4.69) is 18.1 Å². The number of aromatic nitrogens is 2. The predicted octanol–water partition coefficient (Wildman–Crippen LogP) is 2.31. The van der Waals surface area contributed by atoms with E-state index >= 15 is 0 Å². The van der Waals surface area contributed by atoms with E-state index in [1.54, 1.807) is 13.0 Å². The van der Waals surface area contributed by atoms with E-state index in [-0.39, 0.29) is 12.6 Å². The molecule has 1 heterocycles. The van der Waals surface area contributed by atoms with Crippen molar-refractivity contribution in [2.45, 2.75) is 33.9 Å². The van der Waals surface area contributed by atoms with Crippen LogP contribution in [0.3, 0.4) is 0 Å². The minimum atomic E-state index is -0.381. The third-order valence-corrected chi connectivity index (χ3v) is 2.46. The van der Waals surface area contributed by atoms with E-state index in [0.29, 0.717) is 12.1 Å². The molecular formula is C13H18N2O2. The average molecular weight is 234 g/mol. The van der Waals surface area contributed by atoms with Gasteiger partial charge in [-0.2, -0.15) is 0 Å². The van der Waals surface area contributed by atoms with E-state index in [4.69, 9.17) is 4.74 Å². The van der Waals surface area contributed by atoms with Crippen molar-refractivity contribution in [3.8, 4) is 0 Å². The van der Waals surface area contributed by atoms with Gasteiger partial charge >= 0.3 is 5.97 Å². The highest BCUT2D eigenvalue weighted by Crippen LogP contribution is 2.13. The SMILES string of the molecule is C=CCn1c(C)nc(C)c1COC(=O)C(=C)C. The molecule has 4 heteroatoms. The maximum atomic E-state index is 11.3. The summed E-state index contributed by atoms with van der Waals surface area (Å²) >= 11 is 0. The molecule has 1 rings (SSSR count). The van der Waals surface area contributed by atoms with Crippen molar-refractivity contribution in [2.24, 2.45) is 0 Å². The van der Waals surface area contributed by atoms with Gasteiger partial charge in [-0.15, -0.1) is 6.58 Å². The van der Waals surface area contributed by atoms with Crippen molar-refractivity contribution in [1.82, 2.24) is 9.55 Å². The van der Waals surface area contributed by atoms with Gasteiger partial charge in [-0.25, -0.2) is 9.78 Å². The second-order valence-electron chi connectivity index (χ2n) is 3.95. The summed E-state index contributed by atoms with van der Waals surface area (Å²) in [7, 11) is 0. The van der Waals surface area contributed by atoms with E-state index in [9.17, 15) is 4.79 Å². The number of rotatable bonds is 5. The van der Waals surface area contributed by atoms with Gasteiger partial charge in [0.2, 0.25) is 0 Å². The molecule has 17 heavy (non-hydrogen) atoms. The van der Waals surface area contributed by atoms with Crippen LogP contribution in [0, 0.1) is 13.8 Å². The van der Waals surface area contributed by atoms with Crippen LogP contribution in [-0.4, -0.2) is 15.5 Å². The number of ether oxygens (including phenoxy) is 1. The van der Waals surface area contributed by atoms with Crippen LogP contribution < -0.4 is 0 Å². The molecule has 0 N–H and O–H groups in total. The van der Waals surface area contributed by atoms with Gasteiger partial charge in [-0.1, -0.05) is 12.7 Å².